The Bertz CT molecular complexity index is 129. The van der Waals surface area contributed by atoms with Crippen molar-refractivity contribution in [2.24, 2.45) is 0 Å². The Labute approximate surface area is 99.4 Å². The summed E-state index contributed by atoms with van der Waals surface area (Å²) in [6.45, 7) is 7.01. The average Bonchev–Trinajstić information content (AvgIpc) is 2.29. The highest BCUT2D eigenvalue weighted by atomic mass is 16.3. The Morgan fingerprint density at radius 1 is 0.812 bits per heavy atom. The predicted molar refractivity (Wildman–Crippen MR) is 67.6 cm³/mol. The maximum atomic E-state index is 9.62. The molecular weight excluding hydrogens is 204 g/mol. The van der Waals surface area contributed by atoms with Crippen molar-refractivity contribution in [3.05, 3.63) is 0 Å². The quantitative estimate of drug-likeness (QED) is 0.391. The molecule has 0 amide bonds. The van der Waals surface area contributed by atoms with E-state index in [0.29, 0.717) is 13.1 Å². The summed E-state index contributed by atoms with van der Waals surface area (Å²) in [5, 5.41) is 25.5. The molecule has 0 saturated carbocycles. The van der Waals surface area contributed by atoms with Gasteiger partial charge in [0.05, 0.1) is 12.2 Å². The molecule has 0 spiro atoms. The number of hydrogen-bond donors (Lipinski definition) is 4. The van der Waals surface area contributed by atoms with Gasteiger partial charge in [-0.25, -0.2) is 0 Å². The first-order valence-electron chi connectivity index (χ1n) is 6.49. The lowest BCUT2D eigenvalue weighted by atomic mass is 10.2. The first-order valence-corrected chi connectivity index (χ1v) is 6.49. The van der Waals surface area contributed by atoms with Crippen LogP contribution in [0.5, 0.6) is 0 Å². The van der Waals surface area contributed by atoms with E-state index < -0.39 is 12.2 Å². The molecule has 0 bridgehead atoms. The Morgan fingerprint density at radius 3 is 1.50 bits per heavy atom. The standard InChI is InChI=1S/C12H28N2O2/c1-3-5-7-13-9-11(15)12(16)10-14-8-6-4-2/h11-16H,3-10H2,1-2H3. The summed E-state index contributed by atoms with van der Waals surface area (Å²) in [6.07, 6.45) is 3.15. The molecular formula is C12H28N2O2. The molecule has 4 N–H and O–H groups in total. The molecule has 16 heavy (non-hydrogen) atoms. The van der Waals surface area contributed by atoms with E-state index in [0.717, 1.165) is 38.8 Å². The van der Waals surface area contributed by atoms with Crippen molar-refractivity contribution < 1.29 is 10.2 Å². The molecule has 0 rings (SSSR count). The van der Waals surface area contributed by atoms with Gasteiger partial charge in [-0.15, -0.1) is 0 Å². The molecule has 0 aromatic heterocycles. The van der Waals surface area contributed by atoms with Gasteiger partial charge in [-0.1, -0.05) is 26.7 Å². The van der Waals surface area contributed by atoms with Crippen LogP contribution in [0.2, 0.25) is 0 Å². The lowest BCUT2D eigenvalue weighted by molar-refractivity contribution is 0.0210. The van der Waals surface area contributed by atoms with Crippen molar-refractivity contribution in [1.82, 2.24) is 10.6 Å². The van der Waals surface area contributed by atoms with Gasteiger partial charge >= 0.3 is 0 Å². The fourth-order valence-electron chi connectivity index (χ4n) is 1.38. The summed E-state index contributed by atoms with van der Waals surface area (Å²) in [5.74, 6) is 0. The maximum Gasteiger partial charge on any atom is 0.0935 e. The van der Waals surface area contributed by atoms with Crippen molar-refractivity contribution >= 4 is 0 Å². The van der Waals surface area contributed by atoms with Gasteiger partial charge in [0.25, 0.3) is 0 Å². The monoisotopic (exact) mass is 232 g/mol. The van der Waals surface area contributed by atoms with E-state index in [4.69, 9.17) is 0 Å². The zero-order valence-electron chi connectivity index (χ0n) is 10.7. The van der Waals surface area contributed by atoms with Crippen molar-refractivity contribution in [2.75, 3.05) is 26.2 Å². The molecule has 0 radical (unpaired) electrons. The first-order chi connectivity index (χ1) is 7.72. The Balaban J connectivity index is 3.38. The number of nitrogens with one attached hydrogen (secondary N) is 2. The zero-order chi connectivity index (χ0) is 12.2. The second-order valence-electron chi connectivity index (χ2n) is 4.25. The predicted octanol–water partition coefficient (Wildman–Crippen LogP) is 0.488. The van der Waals surface area contributed by atoms with Gasteiger partial charge in [0.15, 0.2) is 0 Å². The highest BCUT2D eigenvalue weighted by molar-refractivity contribution is 4.71. The number of aliphatic hydroxyl groups excluding tert-OH is 2. The molecule has 4 nitrogen and oxygen atoms in total. The lowest BCUT2D eigenvalue weighted by Gasteiger charge is -2.18. The van der Waals surface area contributed by atoms with E-state index in [2.05, 4.69) is 24.5 Å². The summed E-state index contributed by atoms with van der Waals surface area (Å²) in [5.41, 5.74) is 0. The van der Waals surface area contributed by atoms with Crippen LogP contribution in [0.15, 0.2) is 0 Å². The minimum Gasteiger partial charge on any atom is -0.389 e. The molecule has 0 aromatic rings. The Morgan fingerprint density at radius 2 is 1.19 bits per heavy atom. The number of rotatable bonds is 11. The van der Waals surface area contributed by atoms with Crippen LogP contribution in [0.4, 0.5) is 0 Å². The highest BCUT2D eigenvalue weighted by Gasteiger charge is 2.14. The minimum absolute atomic E-state index is 0.469. The van der Waals surface area contributed by atoms with Crippen LogP contribution in [0, 0.1) is 0 Å². The van der Waals surface area contributed by atoms with Crippen LogP contribution in [0.3, 0.4) is 0 Å². The van der Waals surface area contributed by atoms with E-state index >= 15 is 0 Å². The van der Waals surface area contributed by atoms with Crippen LogP contribution < -0.4 is 10.6 Å². The largest absolute Gasteiger partial charge is 0.389 e. The fraction of sp³-hybridized carbons (Fsp3) is 1.00. The van der Waals surface area contributed by atoms with E-state index in [9.17, 15) is 10.2 Å². The van der Waals surface area contributed by atoms with Crippen molar-refractivity contribution in [3.63, 3.8) is 0 Å². The maximum absolute atomic E-state index is 9.62. The molecule has 0 saturated heterocycles. The van der Waals surface area contributed by atoms with Gasteiger partial charge in [0.1, 0.15) is 0 Å². The molecule has 0 fully saturated rings. The minimum atomic E-state index is -0.675. The van der Waals surface area contributed by atoms with E-state index in [1.54, 1.807) is 0 Å². The van der Waals surface area contributed by atoms with Crippen molar-refractivity contribution in [2.45, 2.75) is 51.7 Å². The zero-order valence-corrected chi connectivity index (χ0v) is 10.7. The van der Waals surface area contributed by atoms with Crippen LogP contribution in [0.1, 0.15) is 39.5 Å². The van der Waals surface area contributed by atoms with Gasteiger partial charge < -0.3 is 20.8 Å². The van der Waals surface area contributed by atoms with Crippen LogP contribution in [0.25, 0.3) is 0 Å². The molecule has 2 unspecified atom stereocenters. The van der Waals surface area contributed by atoms with Gasteiger partial charge in [0.2, 0.25) is 0 Å². The summed E-state index contributed by atoms with van der Waals surface area (Å²) in [4.78, 5) is 0. The second-order valence-corrected chi connectivity index (χ2v) is 4.25. The highest BCUT2D eigenvalue weighted by Crippen LogP contribution is 1.92. The first kappa shape index (κ1) is 15.8. The molecule has 0 aliphatic carbocycles. The fourth-order valence-corrected chi connectivity index (χ4v) is 1.38. The number of hydrogen-bond acceptors (Lipinski definition) is 4. The SMILES string of the molecule is CCCCNCC(O)C(O)CNCCCC. The van der Waals surface area contributed by atoms with Gasteiger partial charge in [-0.2, -0.15) is 0 Å². The molecule has 4 heteroatoms. The molecule has 0 aliphatic rings. The summed E-state index contributed by atoms with van der Waals surface area (Å²) in [7, 11) is 0. The van der Waals surface area contributed by atoms with Crippen LogP contribution >= 0.6 is 0 Å². The smallest absolute Gasteiger partial charge is 0.0935 e. The molecule has 2 atom stereocenters. The van der Waals surface area contributed by atoms with E-state index in [-0.39, 0.29) is 0 Å². The summed E-state index contributed by atoms with van der Waals surface area (Å²) in [6, 6.07) is 0. The number of unbranched alkanes of at least 4 members (excludes halogenated alkanes) is 2. The van der Waals surface area contributed by atoms with Crippen LogP contribution in [-0.2, 0) is 0 Å². The topological polar surface area (TPSA) is 64.5 Å². The van der Waals surface area contributed by atoms with Gasteiger partial charge in [-0.3, -0.25) is 0 Å². The lowest BCUT2D eigenvalue weighted by Crippen LogP contribution is -2.42. The average molecular weight is 232 g/mol. The molecule has 0 aromatic carbocycles. The molecule has 0 aliphatic heterocycles. The van der Waals surface area contributed by atoms with Crippen molar-refractivity contribution in [1.29, 1.82) is 0 Å². The van der Waals surface area contributed by atoms with E-state index in [1.807, 2.05) is 0 Å². The Hall–Kier alpha value is -0.160. The van der Waals surface area contributed by atoms with Crippen LogP contribution in [-0.4, -0.2) is 48.6 Å². The van der Waals surface area contributed by atoms with Gasteiger partial charge in [-0.05, 0) is 25.9 Å². The third-order valence-corrected chi connectivity index (χ3v) is 2.57. The third-order valence-electron chi connectivity index (χ3n) is 2.57. The van der Waals surface area contributed by atoms with E-state index in [1.165, 1.54) is 0 Å². The third kappa shape index (κ3) is 9.09. The molecule has 0 heterocycles. The van der Waals surface area contributed by atoms with Crippen molar-refractivity contribution in [3.8, 4) is 0 Å². The molecule has 98 valence electrons. The normalized spacial score (nSPS) is 15.0. The summed E-state index contributed by atoms with van der Waals surface area (Å²) >= 11 is 0. The Kier molecular flexibility index (Phi) is 11.2. The van der Waals surface area contributed by atoms with Gasteiger partial charge in [0, 0.05) is 13.1 Å². The second kappa shape index (κ2) is 11.3. The summed E-state index contributed by atoms with van der Waals surface area (Å²) < 4.78 is 0. The number of aliphatic hydroxyl groups is 2.